The first-order valence-electron chi connectivity index (χ1n) is 7.36. The van der Waals surface area contributed by atoms with Crippen molar-refractivity contribution in [3.8, 4) is 0 Å². The highest BCUT2D eigenvalue weighted by Crippen LogP contribution is 2.31. The van der Waals surface area contributed by atoms with Crippen LogP contribution < -0.4 is 0 Å². The average Bonchev–Trinajstić information content (AvgIpc) is 2.52. The molecule has 0 aromatic heterocycles. The summed E-state index contributed by atoms with van der Waals surface area (Å²) in [5, 5.41) is 0. The van der Waals surface area contributed by atoms with E-state index in [4.69, 9.17) is 0 Å². The summed E-state index contributed by atoms with van der Waals surface area (Å²) in [6.07, 6.45) is 16.3. The molecule has 1 aliphatic carbocycles. The van der Waals surface area contributed by atoms with E-state index in [0.29, 0.717) is 0 Å². The van der Waals surface area contributed by atoms with Crippen molar-refractivity contribution < 1.29 is 0 Å². The molecule has 1 atom stereocenters. The smallest absolute Gasteiger partial charge is 0.0412 e. The van der Waals surface area contributed by atoms with E-state index in [1.54, 1.807) is 0 Å². The van der Waals surface area contributed by atoms with Crippen molar-refractivity contribution in [3.63, 3.8) is 0 Å². The van der Waals surface area contributed by atoms with E-state index in [1.807, 2.05) is 0 Å². The second-order valence-electron chi connectivity index (χ2n) is 5.51. The molecule has 0 heteroatoms. The normalized spacial score (nSPS) is 21.2. The van der Waals surface area contributed by atoms with Crippen LogP contribution in [0.15, 0.2) is 0 Å². The molecule has 1 rings (SSSR count). The quantitative estimate of drug-likeness (QED) is 0.503. The van der Waals surface area contributed by atoms with E-state index >= 15 is 0 Å². The molecule has 0 aliphatic heterocycles. The van der Waals surface area contributed by atoms with Crippen molar-refractivity contribution >= 4 is 0 Å². The maximum absolute atomic E-state index is 2.39. The lowest BCUT2D eigenvalue weighted by molar-refractivity contribution is 0.313. The van der Waals surface area contributed by atoms with Crippen molar-refractivity contribution in [1.29, 1.82) is 0 Å². The van der Waals surface area contributed by atoms with Gasteiger partial charge in [0.1, 0.15) is 0 Å². The molecule has 90 valence electrons. The van der Waals surface area contributed by atoms with Gasteiger partial charge in [-0.3, -0.25) is 0 Å². The van der Waals surface area contributed by atoms with Gasteiger partial charge in [-0.2, -0.15) is 0 Å². The van der Waals surface area contributed by atoms with Crippen LogP contribution in [-0.2, 0) is 0 Å². The number of unbranched alkanes of at least 4 members (excludes halogenated alkanes) is 1. The van der Waals surface area contributed by atoms with Gasteiger partial charge >= 0.3 is 0 Å². The first-order chi connectivity index (χ1) is 7.36. The summed E-state index contributed by atoms with van der Waals surface area (Å²) >= 11 is 0. The standard InChI is InChI=1S/C15H30/c1-3-5-10-14(4-2)13-15-11-8-6-7-9-12-15/h14-15H,3-13H2,1-2H3. The number of hydrogen-bond donors (Lipinski definition) is 0. The predicted molar refractivity (Wildman–Crippen MR) is 69.1 cm³/mol. The molecule has 0 radical (unpaired) electrons. The predicted octanol–water partition coefficient (Wildman–Crippen LogP) is 5.56. The van der Waals surface area contributed by atoms with Crippen LogP contribution in [0.5, 0.6) is 0 Å². The first-order valence-corrected chi connectivity index (χ1v) is 7.36. The molecule has 0 heterocycles. The molecule has 0 nitrogen and oxygen atoms in total. The Morgan fingerprint density at radius 2 is 1.67 bits per heavy atom. The Balaban J connectivity index is 2.22. The second kappa shape index (κ2) is 8.19. The van der Waals surface area contributed by atoms with E-state index in [2.05, 4.69) is 13.8 Å². The van der Waals surface area contributed by atoms with Crippen molar-refractivity contribution in [2.24, 2.45) is 11.8 Å². The van der Waals surface area contributed by atoms with Gasteiger partial charge in [-0.05, 0) is 18.3 Å². The van der Waals surface area contributed by atoms with Gasteiger partial charge in [0.05, 0.1) is 0 Å². The monoisotopic (exact) mass is 210 g/mol. The van der Waals surface area contributed by atoms with Gasteiger partial charge in [-0.15, -0.1) is 0 Å². The molecule has 1 fully saturated rings. The molecule has 0 bridgehead atoms. The van der Waals surface area contributed by atoms with Gasteiger partial charge in [-0.25, -0.2) is 0 Å². The SMILES string of the molecule is CCCCC(CC)CC1CCCCCC1. The number of hydrogen-bond acceptors (Lipinski definition) is 0. The minimum Gasteiger partial charge on any atom is -0.0654 e. The van der Waals surface area contributed by atoms with Crippen LogP contribution in [0.25, 0.3) is 0 Å². The van der Waals surface area contributed by atoms with Crippen molar-refractivity contribution in [1.82, 2.24) is 0 Å². The molecular weight excluding hydrogens is 180 g/mol. The zero-order valence-electron chi connectivity index (χ0n) is 10.9. The molecule has 1 unspecified atom stereocenters. The third kappa shape index (κ3) is 5.58. The zero-order valence-corrected chi connectivity index (χ0v) is 10.9. The van der Waals surface area contributed by atoms with Gasteiger partial charge in [-0.1, -0.05) is 78.1 Å². The van der Waals surface area contributed by atoms with E-state index in [-0.39, 0.29) is 0 Å². The van der Waals surface area contributed by atoms with Crippen LogP contribution in [0, 0.1) is 11.8 Å². The van der Waals surface area contributed by atoms with Gasteiger partial charge in [0.25, 0.3) is 0 Å². The largest absolute Gasteiger partial charge is 0.0654 e. The molecule has 0 spiro atoms. The molecule has 0 aromatic carbocycles. The molecule has 0 N–H and O–H groups in total. The fraction of sp³-hybridized carbons (Fsp3) is 1.00. The number of rotatable bonds is 6. The maximum Gasteiger partial charge on any atom is -0.0412 e. The summed E-state index contributed by atoms with van der Waals surface area (Å²) in [5.41, 5.74) is 0. The highest BCUT2D eigenvalue weighted by molar-refractivity contribution is 4.69. The van der Waals surface area contributed by atoms with E-state index in [0.717, 1.165) is 11.8 Å². The summed E-state index contributed by atoms with van der Waals surface area (Å²) in [7, 11) is 0. The maximum atomic E-state index is 2.39. The molecule has 0 saturated heterocycles. The van der Waals surface area contributed by atoms with Crippen LogP contribution in [0.3, 0.4) is 0 Å². The van der Waals surface area contributed by atoms with Gasteiger partial charge in [0.2, 0.25) is 0 Å². The Kier molecular flexibility index (Phi) is 7.13. The van der Waals surface area contributed by atoms with E-state index in [9.17, 15) is 0 Å². The van der Waals surface area contributed by atoms with Crippen molar-refractivity contribution in [3.05, 3.63) is 0 Å². The second-order valence-corrected chi connectivity index (χ2v) is 5.51. The zero-order chi connectivity index (χ0) is 10.9. The van der Waals surface area contributed by atoms with Crippen molar-refractivity contribution in [2.45, 2.75) is 84.5 Å². The lowest BCUT2D eigenvalue weighted by atomic mass is 9.85. The molecule has 15 heavy (non-hydrogen) atoms. The fourth-order valence-corrected chi connectivity index (χ4v) is 3.05. The third-order valence-electron chi connectivity index (χ3n) is 4.18. The lowest BCUT2D eigenvalue weighted by Crippen LogP contribution is -2.08. The fourth-order valence-electron chi connectivity index (χ4n) is 3.05. The Labute approximate surface area is 96.8 Å². The summed E-state index contributed by atoms with van der Waals surface area (Å²) in [6, 6.07) is 0. The van der Waals surface area contributed by atoms with Crippen molar-refractivity contribution in [2.75, 3.05) is 0 Å². The molecule has 0 aromatic rings. The van der Waals surface area contributed by atoms with Crippen LogP contribution in [0.4, 0.5) is 0 Å². The topological polar surface area (TPSA) is 0 Å². The van der Waals surface area contributed by atoms with Crippen LogP contribution in [-0.4, -0.2) is 0 Å². The first kappa shape index (κ1) is 13.1. The minimum atomic E-state index is 1.04. The van der Waals surface area contributed by atoms with Gasteiger partial charge < -0.3 is 0 Å². The Hall–Kier alpha value is 0. The summed E-state index contributed by atoms with van der Waals surface area (Å²) in [4.78, 5) is 0. The van der Waals surface area contributed by atoms with Crippen LogP contribution >= 0.6 is 0 Å². The van der Waals surface area contributed by atoms with Gasteiger partial charge in [0, 0.05) is 0 Å². The minimum absolute atomic E-state index is 1.04. The molecule has 1 aliphatic rings. The van der Waals surface area contributed by atoms with Crippen LogP contribution in [0.2, 0.25) is 0 Å². The van der Waals surface area contributed by atoms with E-state index in [1.165, 1.54) is 70.6 Å². The summed E-state index contributed by atoms with van der Waals surface area (Å²) in [5.74, 6) is 2.11. The molecular formula is C15H30. The van der Waals surface area contributed by atoms with Gasteiger partial charge in [0.15, 0.2) is 0 Å². The Bertz CT molecular complexity index is 131. The van der Waals surface area contributed by atoms with E-state index < -0.39 is 0 Å². The highest BCUT2D eigenvalue weighted by atomic mass is 14.2. The Morgan fingerprint density at radius 3 is 2.20 bits per heavy atom. The summed E-state index contributed by atoms with van der Waals surface area (Å²) < 4.78 is 0. The third-order valence-corrected chi connectivity index (χ3v) is 4.18. The molecule has 1 saturated carbocycles. The van der Waals surface area contributed by atoms with Crippen LogP contribution in [0.1, 0.15) is 84.5 Å². The average molecular weight is 210 g/mol. The lowest BCUT2D eigenvalue weighted by Gasteiger charge is -2.21. The Morgan fingerprint density at radius 1 is 1.00 bits per heavy atom. The highest BCUT2D eigenvalue weighted by Gasteiger charge is 2.16. The molecule has 0 amide bonds. The summed E-state index contributed by atoms with van der Waals surface area (Å²) in [6.45, 7) is 4.70.